The average Bonchev–Trinajstić information content (AvgIpc) is 2.46. The van der Waals surface area contributed by atoms with Gasteiger partial charge in [0, 0.05) is 17.7 Å². The number of nitro benzene ring substituents is 1. The van der Waals surface area contributed by atoms with Crippen molar-refractivity contribution in [2.24, 2.45) is 5.73 Å². The summed E-state index contributed by atoms with van der Waals surface area (Å²) in [5.74, 6) is -0.671. The number of phenols is 1. The van der Waals surface area contributed by atoms with Crippen LogP contribution in [0.4, 0.5) is 18.9 Å². The number of hydrogen-bond acceptors (Lipinski definition) is 5. The third-order valence-corrected chi connectivity index (χ3v) is 3.03. The molecule has 6 nitrogen and oxygen atoms in total. The van der Waals surface area contributed by atoms with E-state index in [1.807, 2.05) is 0 Å². The van der Waals surface area contributed by atoms with E-state index < -0.39 is 23.1 Å². The van der Waals surface area contributed by atoms with Gasteiger partial charge >= 0.3 is 6.36 Å². The molecular formula is C14H12ClF3N2O4. The molecule has 0 saturated carbocycles. The van der Waals surface area contributed by atoms with Crippen LogP contribution in [0.2, 0.25) is 0 Å². The van der Waals surface area contributed by atoms with Gasteiger partial charge in [0.05, 0.1) is 11.0 Å². The quantitative estimate of drug-likeness (QED) is 0.637. The summed E-state index contributed by atoms with van der Waals surface area (Å²) in [5, 5.41) is 20.5. The van der Waals surface area contributed by atoms with Gasteiger partial charge in [0.2, 0.25) is 0 Å². The van der Waals surface area contributed by atoms with Crippen molar-refractivity contribution in [2.45, 2.75) is 12.4 Å². The summed E-state index contributed by atoms with van der Waals surface area (Å²) in [6.45, 7) is 0. The predicted molar refractivity (Wildman–Crippen MR) is 81.2 cm³/mol. The molecule has 0 amide bonds. The Hall–Kier alpha value is -2.52. The van der Waals surface area contributed by atoms with Crippen molar-refractivity contribution >= 4 is 18.1 Å². The summed E-state index contributed by atoms with van der Waals surface area (Å²) in [5.41, 5.74) is 6.10. The van der Waals surface area contributed by atoms with Crippen LogP contribution in [0.5, 0.6) is 11.5 Å². The standard InChI is InChI=1S/C14H11F3N2O4.ClH/c15-14(16,17)23-10-4-1-8(2-5-10)13(18)11-7-9(19(21)22)3-6-12(11)20;/h1-7,13,20H,18H2;1H/t13-;/m0./s1. The molecule has 24 heavy (non-hydrogen) atoms. The van der Waals surface area contributed by atoms with Gasteiger partial charge in [-0.2, -0.15) is 0 Å². The van der Waals surface area contributed by atoms with Crippen LogP contribution in [0, 0.1) is 10.1 Å². The second-order valence-electron chi connectivity index (χ2n) is 4.59. The van der Waals surface area contributed by atoms with Crippen molar-refractivity contribution in [1.29, 1.82) is 0 Å². The highest BCUT2D eigenvalue weighted by Crippen LogP contribution is 2.32. The molecule has 0 aliphatic rings. The van der Waals surface area contributed by atoms with Crippen molar-refractivity contribution in [3.63, 3.8) is 0 Å². The molecule has 2 rings (SSSR count). The SMILES string of the molecule is Cl.N[C@@H](c1ccc(OC(F)(F)F)cc1)c1cc([N+](=O)[O-])ccc1O. The van der Waals surface area contributed by atoms with Crippen LogP contribution in [-0.4, -0.2) is 16.4 Å². The molecule has 1 atom stereocenters. The van der Waals surface area contributed by atoms with Gasteiger partial charge in [0.15, 0.2) is 0 Å². The van der Waals surface area contributed by atoms with Crippen molar-refractivity contribution in [3.8, 4) is 11.5 Å². The molecule has 0 saturated heterocycles. The van der Waals surface area contributed by atoms with E-state index in [1.54, 1.807) is 0 Å². The first-order chi connectivity index (χ1) is 10.7. The number of rotatable bonds is 4. The van der Waals surface area contributed by atoms with Crippen LogP contribution in [0.25, 0.3) is 0 Å². The minimum Gasteiger partial charge on any atom is -0.508 e. The first-order valence-electron chi connectivity index (χ1n) is 6.26. The summed E-state index contributed by atoms with van der Waals surface area (Å²) >= 11 is 0. The molecule has 0 aliphatic carbocycles. The molecule has 0 spiro atoms. The average molecular weight is 365 g/mol. The number of halogens is 4. The molecular weight excluding hydrogens is 353 g/mol. The van der Waals surface area contributed by atoms with Crippen LogP contribution in [0.1, 0.15) is 17.2 Å². The number of nitrogens with two attached hydrogens (primary N) is 1. The maximum absolute atomic E-state index is 12.1. The molecule has 3 N–H and O–H groups in total. The lowest BCUT2D eigenvalue weighted by molar-refractivity contribution is -0.385. The largest absolute Gasteiger partial charge is 0.573 e. The zero-order chi connectivity index (χ0) is 17.2. The second-order valence-corrected chi connectivity index (χ2v) is 4.59. The molecule has 10 heteroatoms. The lowest BCUT2D eigenvalue weighted by Gasteiger charge is -2.15. The summed E-state index contributed by atoms with van der Waals surface area (Å²) in [6, 6.07) is 7.11. The van der Waals surface area contributed by atoms with Gasteiger partial charge < -0.3 is 15.6 Å². The zero-order valence-corrected chi connectivity index (χ0v) is 12.7. The fourth-order valence-corrected chi connectivity index (χ4v) is 1.96. The first-order valence-corrected chi connectivity index (χ1v) is 6.26. The van der Waals surface area contributed by atoms with E-state index in [1.165, 1.54) is 12.1 Å². The molecule has 0 aliphatic heterocycles. The fraction of sp³-hybridized carbons (Fsp3) is 0.143. The van der Waals surface area contributed by atoms with E-state index in [2.05, 4.69) is 4.74 Å². The zero-order valence-electron chi connectivity index (χ0n) is 11.9. The maximum atomic E-state index is 12.1. The Bertz CT molecular complexity index is 723. The number of nitrogens with zero attached hydrogens (tertiary/aromatic N) is 1. The molecule has 2 aromatic carbocycles. The lowest BCUT2D eigenvalue weighted by atomic mass is 9.98. The number of alkyl halides is 3. The Morgan fingerprint density at radius 2 is 1.75 bits per heavy atom. The third kappa shape index (κ3) is 4.74. The molecule has 0 unspecified atom stereocenters. The van der Waals surface area contributed by atoms with Crippen molar-refractivity contribution in [1.82, 2.24) is 0 Å². The Balaban J connectivity index is 0.00000288. The minimum absolute atomic E-state index is 0. The van der Waals surface area contributed by atoms with Gasteiger partial charge in [-0.15, -0.1) is 25.6 Å². The van der Waals surface area contributed by atoms with Gasteiger partial charge in [-0.3, -0.25) is 10.1 Å². The summed E-state index contributed by atoms with van der Waals surface area (Å²) in [4.78, 5) is 10.1. The highest BCUT2D eigenvalue weighted by atomic mass is 35.5. The minimum atomic E-state index is -4.80. The Morgan fingerprint density at radius 1 is 1.17 bits per heavy atom. The lowest BCUT2D eigenvalue weighted by Crippen LogP contribution is -2.17. The van der Waals surface area contributed by atoms with Crippen LogP contribution >= 0.6 is 12.4 Å². The van der Waals surface area contributed by atoms with Gasteiger partial charge in [-0.1, -0.05) is 12.1 Å². The Morgan fingerprint density at radius 3 is 2.25 bits per heavy atom. The molecule has 0 heterocycles. The molecule has 130 valence electrons. The van der Waals surface area contributed by atoms with Gasteiger partial charge in [0.1, 0.15) is 11.5 Å². The normalized spacial score (nSPS) is 12.2. The number of aromatic hydroxyl groups is 1. The van der Waals surface area contributed by atoms with E-state index >= 15 is 0 Å². The van der Waals surface area contributed by atoms with Crippen molar-refractivity contribution in [3.05, 3.63) is 63.7 Å². The number of phenolic OH excluding ortho intramolecular Hbond substituents is 1. The molecule has 0 fully saturated rings. The van der Waals surface area contributed by atoms with E-state index in [0.29, 0.717) is 5.56 Å². The second kappa shape index (κ2) is 7.37. The van der Waals surface area contributed by atoms with E-state index in [0.717, 1.165) is 30.3 Å². The predicted octanol–water partition coefficient (Wildman–Crippen LogP) is 3.67. The Labute approximate surface area is 140 Å². The fourth-order valence-electron chi connectivity index (χ4n) is 1.96. The van der Waals surface area contributed by atoms with Crippen molar-refractivity contribution < 1.29 is 27.9 Å². The number of ether oxygens (including phenoxy) is 1. The number of non-ortho nitro benzene ring substituents is 1. The molecule has 0 bridgehead atoms. The molecule has 0 radical (unpaired) electrons. The number of benzene rings is 2. The smallest absolute Gasteiger partial charge is 0.508 e. The summed E-state index contributed by atoms with van der Waals surface area (Å²) in [7, 11) is 0. The van der Waals surface area contributed by atoms with Crippen LogP contribution in [0.15, 0.2) is 42.5 Å². The summed E-state index contributed by atoms with van der Waals surface area (Å²) < 4.78 is 40.0. The van der Waals surface area contributed by atoms with E-state index in [9.17, 15) is 28.4 Å². The topological polar surface area (TPSA) is 98.6 Å². The number of hydrogen-bond donors (Lipinski definition) is 2. The van der Waals surface area contributed by atoms with Crippen LogP contribution in [0.3, 0.4) is 0 Å². The highest BCUT2D eigenvalue weighted by Gasteiger charge is 2.31. The van der Waals surface area contributed by atoms with Gasteiger partial charge in [-0.25, -0.2) is 0 Å². The van der Waals surface area contributed by atoms with Gasteiger partial charge in [0.25, 0.3) is 5.69 Å². The van der Waals surface area contributed by atoms with E-state index in [4.69, 9.17) is 5.73 Å². The van der Waals surface area contributed by atoms with Crippen molar-refractivity contribution in [2.75, 3.05) is 0 Å². The highest BCUT2D eigenvalue weighted by molar-refractivity contribution is 5.85. The van der Waals surface area contributed by atoms with Crippen LogP contribution < -0.4 is 10.5 Å². The summed E-state index contributed by atoms with van der Waals surface area (Å²) in [6.07, 6.45) is -4.80. The monoisotopic (exact) mass is 364 g/mol. The number of nitro groups is 1. The Kier molecular flexibility index (Phi) is 5.99. The molecule has 0 aromatic heterocycles. The molecule has 2 aromatic rings. The van der Waals surface area contributed by atoms with Gasteiger partial charge in [-0.05, 0) is 23.8 Å². The maximum Gasteiger partial charge on any atom is 0.573 e. The third-order valence-electron chi connectivity index (χ3n) is 3.03. The van der Waals surface area contributed by atoms with Crippen LogP contribution in [-0.2, 0) is 0 Å². The van der Waals surface area contributed by atoms with E-state index in [-0.39, 0.29) is 29.4 Å². The first kappa shape index (κ1) is 19.5.